The van der Waals surface area contributed by atoms with E-state index in [1.165, 1.54) is 11.3 Å². The van der Waals surface area contributed by atoms with Crippen molar-refractivity contribution < 1.29 is 18.7 Å². The van der Waals surface area contributed by atoms with Crippen molar-refractivity contribution in [3.63, 3.8) is 0 Å². The number of rotatable bonds is 7. The first kappa shape index (κ1) is 18.4. The summed E-state index contributed by atoms with van der Waals surface area (Å²) < 4.78 is 18.3. The lowest BCUT2D eigenvalue weighted by molar-refractivity contribution is -0.140. The van der Waals surface area contributed by atoms with Crippen LogP contribution in [-0.4, -0.2) is 49.3 Å². The van der Waals surface area contributed by atoms with Gasteiger partial charge >= 0.3 is 0 Å². The molecule has 2 N–H and O–H groups in total. The molecule has 2 amide bonds. The molecule has 1 aliphatic rings. The zero-order valence-electron chi connectivity index (χ0n) is 12.5. The van der Waals surface area contributed by atoms with Crippen LogP contribution in [0.1, 0.15) is 17.8 Å². The van der Waals surface area contributed by atoms with Crippen LogP contribution in [0.2, 0.25) is 0 Å². The molecule has 6 nitrogen and oxygen atoms in total. The van der Waals surface area contributed by atoms with Gasteiger partial charge < -0.3 is 10.1 Å². The molecule has 2 rings (SSSR count). The Labute approximate surface area is 146 Å². The SMILES string of the molecule is O=C(NC(=O)[C@H](Cc1nc(Br)cs1)OCCF)C1CCCNC1. The lowest BCUT2D eigenvalue weighted by Gasteiger charge is -2.22. The van der Waals surface area contributed by atoms with Gasteiger partial charge in [0.25, 0.3) is 5.91 Å². The van der Waals surface area contributed by atoms with Crippen molar-refractivity contribution in [1.82, 2.24) is 15.6 Å². The average Bonchev–Trinajstić information content (AvgIpc) is 2.97. The number of ether oxygens (including phenoxy) is 1. The number of alkyl halides is 1. The number of carbonyl (C=O) groups is 2. The third-order valence-electron chi connectivity index (χ3n) is 3.49. The van der Waals surface area contributed by atoms with Crippen LogP contribution in [0.25, 0.3) is 0 Å². The van der Waals surface area contributed by atoms with E-state index in [1.54, 1.807) is 5.38 Å². The van der Waals surface area contributed by atoms with Gasteiger partial charge in [-0.15, -0.1) is 11.3 Å². The van der Waals surface area contributed by atoms with Crippen molar-refractivity contribution in [1.29, 1.82) is 0 Å². The highest BCUT2D eigenvalue weighted by atomic mass is 79.9. The Morgan fingerprint density at radius 1 is 1.61 bits per heavy atom. The first-order valence-electron chi connectivity index (χ1n) is 7.43. The number of aromatic nitrogens is 1. The minimum absolute atomic E-state index is 0.191. The van der Waals surface area contributed by atoms with Crippen LogP contribution in [0.4, 0.5) is 4.39 Å². The molecule has 1 fully saturated rings. The van der Waals surface area contributed by atoms with E-state index in [0.717, 1.165) is 19.4 Å². The predicted octanol–water partition coefficient (Wildman–Crippen LogP) is 1.45. The Morgan fingerprint density at radius 3 is 3.04 bits per heavy atom. The average molecular weight is 408 g/mol. The molecule has 0 aromatic carbocycles. The number of imide groups is 1. The predicted molar refractivity (Wildman–Crippen MR) is 88.0 cm³/mol. The molecule has 2 heterocycles. The van der Waals surface area contributed by atoms with E-state index in [1.807, 2.05) is 0 Å². The van der Waals surface area contributed by atoms with Crippen molar-refractivity contribution in [3.05, 3.63) is 15.0 Å². The molecule has 1 saturated heterocycles. The molecule has 1 aromatic heterocycles. The Bertz CT molecular complexity index is 537. The Hall–Kier alpha value is -0.900. The summed E-state index contributed by atoms with van der Waals surface area (Å²) in [5, 5.41) is 7.99. The van der Waals surface area contributed by atoms with Gasteiger partial charge in [0.1, 0.15) is 17.4 Å². The van der Waals surface area contributed by atoms with E-state index in [-0.39, 0.29) is 24.9 Å². The molecule has 23 heavy (non-hydrogen) atoms. The molecule has 128 valence electrons. The number of hydrogen-bond donors (Lipinski definition) is 2. The normalized spacial score (nSPS) is 19.3. The molecule has 2 atom stereocenters. The number of carbonyl (C=O) groups excluding carboxylic acids is 2. The van der Waals surface area contributed by atoms with E-state index in [2.05, 4.69) is 31.5 Å². The van der Waals surface area contributed by atoms with Gasteiger partial charge in [0.2, 0.25) is 5.91 Å². The fraction of sp³-hybridized carbons (Fsp3) is 0.643. The van der Waals surface area contributed by atoms with E-state index in [0.29, 0.717) is 16.2 Å². The summed E-state index contributed by atoms with van der Waals surface area (Å²) >= 11 is 4.61. The monoisotopic (exact) mass is 407 g/mol. The minimum Gasteiger partial charge on any atom is -0.365 e. The summed E-state index contributed by atoms with van der Waals surface area (Å²) in [5.41, 5.74) is 0. The van der Waals surface area contributed by atoms with Gasteiger partial charge in [-0.05, 0) is 35.3 Å². The number of nitrogens with zero attached hydrogens (tertiary/aromatic N) is 1. The van der Waals surface area contributed by atoms with Gasteiger partial charge in [0, 0.05) is 18.3 Å². The van der Waals surface area contributed by atoms with Crippen LogP contribution >= 0.6 is 27.3 Å². The lowest BCUT2D eigenvalue weighted by atomic mass is 9.99. The van der Waals surface area contributed by atoms with Crippen molar-refractivity contribution in [2.45, 2.75) is 25.4 Å². The van der Waals surface area contributed by atoms with Crippen molar-refractivity contribution in [2.75, 3.05) is 26.4 Å². The van der Waals surface area contributed by atoms with Gasteiger partial charge in [0.15, 0.2) is 0 Å². The summed E-state index contributed by atoms with van der Waals surface area (Å²) in [6.07, 6.45) is 0.936. The fourth-order valence-electron chi connectivity index (χ4n) is 2.33. The Morgan fingerprint density at radius 2 is 2.43 bits per heavy atom. The van der Waals surface area contributed by atoms with Crippen molar-refractivity contribution in [3.8, 4) is 0 Å². The third kappa shape index (κ3) is 5.91. The van der Waals surface area contributed by atoms with Crippen LogP contribution < -0.4 is 10.6 Å². The van der Waals surface area contributed by atoms with Crippen LogP contribution in [0.15, 0.2) is 9.98 Å². The Balaban J connectivity index is 1.93. The van der Waals surface area contributed by atoms with Crippen molar-refractivity contribution >= 4 is 39.1 Å². The van der Waals surface area contributed by atoms with Crippen LogP contribution in [0.3, 0.4) is 0 Å². The molecular weight excluding hydrogens is 389 g/mol. The maximum Gasteiger partial charge on any atom is 0.256 e. The van der Waals surface area contributed by atoms with E-state index in [9.17, 15) is 14.0 Å². The van der Waals surface area contributed by atoms with Gasteiger partial charge in [-0.3, -0.25) is 14.9 Å². The second kappa shape index (κ2) is 9.41. The topological polar surface area (TPSA) is 80.3 Å². The fourth-order valence-corrected chi connectivity index (χ4v) is 3.63. The first-order valence-corrected chi connectivity index (χ1v) is 9.10. The highest BCUT2D eigenvalue weighted by Crippen LogP contribution is 2.17. The second-order valence-electron chi connectivity index (χ2n) is 5.21. The lowest BCUT2D eigenvalue weighted by Crippen LogP contribution is -2.47. The van der Waals surface area contributed by atoms with Crippen molar-refractivity contribution in [2.24, 2.45) is 5.92 Å². The molecule has 0 saturated carbocycles. The van der Waals surface area contributed by atoms with Gasteiger partial charge in [-0.25, -0.2) is 9.37 Å². The van der Waals surface area contributed by atoms with Gasteiger partial charge in [-0.2, -0.15) is 0 Å². The molecule has 0 aliphatic carbocycles. The second-order valence-corrected chi connectivity index (χ2v) is 6.97. The number of hydrogen-bond acceptors (Lipinski definition) is 6. The molecule has 1 aliphatic heterocycles. The van der Waals surface area contributed by atoms with E-state index < -0.39 is 18.7 Å². The van der Waals surface area contributed by atoms with Crippen LogP contribution in [-0.2, 0) is 20.7 Å². The summed E-state index contributed by atoms with van der Waals surface area (Å²) in [6.45, 7) is 0.572. The van der Waals surface area contributed by atoms with Gasteiger partial charge in [0.05, 0.1) is 17.5 Å². The molecule has 0 radical (unpaired) electrons. The number of piperidine rings is 1. The highest BCUT2D eigenvalue weighted by Gasteiger charge is 2.27. The summed E-state index contributed by atoms with van der Waals surface area (Å²) in [7, 11) is 0. The standard InChI is InChI=1S/C14H19BrFN3O3S/c15-11-8-23-12(18-11)6-10(22-5-3-16)14(21)19-13(20)9-2-1-4-17-7-9/h8-10,17H,1-7H2,(H,19,20,21)/t9?,10-/m0/s1. The number of amides is 2. The molecule has 9 heteroatoms. The summed E-state index contributed by atoms with van der Waals surface area (Å²) in [6, 6.07) is 0. The molecule has 0 spiro atoms. The van der Waals surface area contributed by atoms with Crippen LogP contribution in [0.5, 0.6) is 0 Å². The quantitative estimate of drug-likeness (QED) is 0.714. The van der Waals surface area contributed by atoms with E-state index in [4.69, 9.17) is 4.74 Å². The maximum absolute atomic E-state index is 12.4. The summed E-state index contributed by atoms with van der Waals surface area (Å²) in [4.78, 5) is 28.6. The summed E-state index contributed by atoms with van der Waals surface area (Å²) in [5.74, 6) is -1.07. The zero-order valence-corrected chi connectivity index (χ0v) is 14.9. The first-order chi connectivity index (χ1) is 11.1. The number of nitrogens with one attached hydrogen (secondary N) is 2. The molecule has 1 unspecified atom stereocenters. The maximum atomic E-state index is 12.4. The number of halogens is 2. The number of thiazole rings is 1. The van der Waals surface area contributed by atoms with E-state index >= 15 is 0 Å². The largest absolute Gasteiger partial charge is 0.365 e. The molecule has 1 aromatic rings. The van der Waals surface area contributed by atoms with Crippen LogP contribution in [0, 0.1) is 5.92 Å². The highest BCUT2D eigenvalue weighted by molar-refractivity contribution is 9.10. The minimum atomic E-state index is -0.927. The Kier molecular flexibility index (Phi) is 7.54. The molecular formula is C14H19BrFN3O3S. The molecule has 0 bridgehead atoms. The third-order valence-corrected chi connectivity index (χ3v) is 5.07. The smallest absolute Gasteiger partial charge is 0.256 e. The zero-order chi connectivity index (χ0) is 16.7. The van der Waals surface area contributed by atoms with Gasteiger partial charge in [-0.1, -0.05) is 0 Å².